The van der Waals surface area contributed by atoms with Gasteiger partial charge in [-0.3, -0.25) is 14.3 Å². The molecule has 4 rings (SSSR count). The van der Waals surface area contributed by atoms with Gasteiger partial charge in [0.05, 0.1) is 18.0 Å². The molecule has 1 aliphatic heterocycles. The summed E-state index contributed by atoms with van der Waals surface area (Å²) < 4.78 is 7.84. The van der Waals surface area contributed by atoms with E-state index in [-0.39, 0.29) is 5.91 Å². The van der Waals surface area contributed by atoms with Crippen LogP contribution in [0.4, 0.5) is 0 Å². The van der Waals surface area contributed by atoms with Crippen molar-refractivity contribution in [3.05, 3.63) is 48.8 Å². The van der Waals surface area contributed by atoms with E-state index in [0.717, 1.165) is 42.9 Å². The molecule has 0 saturated carbocycles. The maximum Gasteiger partial charge on any atom is 0.233 e. The van der Waals surface area contributed by atoms with Crippen LogP contribution in [-0.4, -0.2) is 56.0 Å². The smallest absolute Gasteiger partial charge is 0.233 e. The predicted octanol–water partition coefficient (Wildman–Crippen LogP) is 4.22. The average molecular weight is 438 g/mol. The first-order valence-corrected chi connectivity index (χ1v) is 11.7. The molecule has 1 amide bonds. The third kappa shape index (κ3) is 5.07. The SMILES string of the molecule is CCOc1ccccc1-n1c(SCC(=O)N2CCCCCC2)nnc1-c1ccncc1. The monoisotopic (exact) mass is 437 g/mol. The quantitative estimate of drug-likeness (QED) is 0.515. The normalized spacial score (nSPS) is 14.3. The minimum atomic E-state index is 0.157. The molecule has 0 N–H and O–H groups in total. The first-order valence-electron chi connectivity index (χ1n) is 10.8. The van der Waals surface area contributed by atoms with Crippen LogP contribution in [0.1, 0.15) is 32.6 Å². The van der Waals surface area contributed by atoms with Crippen molar-refractivity contribution in [3.63, 3.8) is 0 Å². The third-order valence-electron chi connectivity index (χ3n) is 5.26. The number of nitrogens with zero attached hydrogens (tertiary/aromatic N) is 5. The third-order valence-corrected chi connectivity index (χ3v) is 6.18. The number of hydrogen-bond donors (Lipinski definition) is 0. The van der Waals surface area contributed by atoms with Gasteiger partial charge in [-0.05, 0) is 44.0 Å². The van der Waals surface area contributed by atoms with Gasteiger partial charge in [0.15, 0.2) is 11.0 Å². The summed E-state index contributed by atoms with van der Waals surface area (Å²) in [7, 11) is 0. The summed E-state index contributed by atoms with van der Waals surface area (Å²) >= 11 is 1.42. The van der Waals surface area contributed by atoms with Crippen LogP contribution >= 0.6 is 11.8 Å². The molecule has 31 heavy (non-hydrogen) atoms. The lowest BCUT2D eigenvalue weighted by atomic mass is 10.2. The summed E-state index contributed by atoms with van der Waals surface area (Å²) in [5.74, 6) is 1.94. The van der Waals surface area contributed by atoms with Gasteiger partial charge >= 0.3 is 0 Å². The zero-order chi connectivity index (χ0) is 21.5. The van der Waals surface area contributed by atoms with Gasteiger partial charge in [-0.1, -0.05) is 36.7 Å². The maximum atomic E-state index is 12.8. The number of pyridine rings is 1. The van der Waals surface area contributed by atoms with Gasteiger partial charge in [0, 0.05) is 31.0 Å². The van der Waals surface area contributed by atoms with Crippen LogP contribution in [0.15, 0.2) is 53.9 Å². The van der Waals surface area contributed by atoms with Gasteiger partial charge in [0.2, 0.25) is 5.91 Å². The summed E-state index contributed by atoms with van der Waals surface area (Å²) in [5, 5.41) is 9.56. The standard InChI is InChI=1S/C23H27N5O2S/c1-2-30-20-10-6-5-9-19(20)28-22(18-11-13-24-14-12-18)25-26-23(28)31-17-21(29)27-15-7-3-4-8-16-27/h5-6,9-14H,2-4,7-8,15-17H2,1H3. The van der Waals surface area contributed by atoms with Crippen LogP contribution in [0.25, 0.3) is 17.1 Å². The van der Waals surface area contributed by atoms with Crippen molar-refractivity contribution in [1.82, 2.24) is 24.6 Å². The molecule has 0 unspecified atom stereocenters. The number of amides is 1. The van der Waals surface area contributed by atoms with Crippen LogP contribution in [-0.2, 0) is 4.79 Å². The van der Waals surface area contributed by atoms with Gasteiger partial charge in [0.25, 0.3) is 0 Å². The molecule has 0 spiro atoms. The van der Waals surface area contributed by atoms with Gasteiger partial charge < -0.3 is 9.64 Å². The lowest BCUT2D eigenvalue weighted by Gasteiger charge is -2.20. The van der Waals surface area contributed by atoms with E-state index in [4.69, 9.17) is 4.74 Å². The molecule has 162 valence electrons. The average Bonchev–Trinajstić information content (AvgIpc) is 3.03. The fourth-order valence-electron chi connectivity index (χ4n) is 3.73. The van der Waals surface area contributed by atoms with Crippen molar-refractivity contribution in [3.8, 4) is 22.8 Å². The van der Waals surface area contributed by atoms with Gasteiger partial charge in [-0.15, -0.1) is 10.2 Å². The van der Waals surface area contributed by atoms with E-state index < -0.39 is 0 Å². The number of carbonyl (C=O) groups excluding carboxylic acids is 1. The number of para-hydroxylation sites is 2. The lowest BCUT2D eigenvalue weighted by Crippen LogP contribution is -2.33. The fraction of sp³-hybridized carbons (Fsp3) is 0.391. The molecule has 7 nitrogen and oxygen atoms in total. The highest BCUT2D eigenvalue weighted by atomic mass is 32.2. The Morgan fingerprint density at radius 3 is 2.52 bits per heavy atom. The fourth-order valence-corrected chi connectivity index (χ4v) is 4.57. The summed E-state index contributed by atoms with van der Waals surface area (Å²) in [6.07, 6.45) is 8.04. The van der Waals surface area contributed by atoms with E-state index >= 15 is 0 Å². The predicted molar refractivity (Wildman–Crippen MR) is 122 cm³/mol. The number of likely N-dealkylation sites (tertiary alicyclic amines) is 1. The number of carbonyl (C=O) groups is 1. The topological polar surface area (TPSA) is 73.1 Å². The van der Waals surface area contributed by atoms with Crippen LogP contribution in [0.5, 0.6) is 5.75 Å². The molecule has 0 bridgehead atoms. The van der Waals surface area contributed by atoms with Crippen molar-refractivity contribution >= 4 is 17.7 Å². The van der Waals surface area contributed by atoms with E-state index in [0.29, 0.717) is 23.3 Å². The first-order chi connectivity index (χ1) is 15.3. The Morgan fingerprint density at radius 1 is 1.03 bits per heavy atom. The van der Waals surface area contributed by atoms with Gasteiger partial charge in [0.1, 0.15) is 5.75 Å². The molecule has 0 aliphatic carbocycles. The molecule has 1 fully saturated rings. The van der Waals surface area contributed by atoms with E-state index in [1.807, 2.05) is 52.8 Å². The van der Waals surface area contributed by atoms with E-state index in [1.165, 1.54) is 24.6 Å². The van der Waals surface area contributed by atoms with Crippen molar-refractivity contribution < 1.29 is 9.53 Å². The van der Waals surface area contributed by atoms with Crippen molar-refractivity contribution in [2.75, 3.05) is 25.4 Å². The summed E-state index contributed by atoms with van der Waals surface area (Å²) in [6.45, 7) is 4.21. The summed E-state index contributed by atoms with van der Waals surface area (Å²) in [5.41, 5.74) is 1.75. The van der Waals surface area contributed by atoms with Crippen LogP contribution in [0, 0.1) is 0 Å². The maximum absolute atomic E-state index is 12.8. The molecule has 3 aromatic rings. The lowest BCUT2D eigenvalue weighted by molar-refractivity contribution is -0.128. The Balaban J connectivity index is 1.65. The molecule has 2 aromatic heterocycles. The Morgan fingerprint density at radius 2 is 1.77 bits per heavy atom. The number of benzene rings is 1. The largest absolute Gasteiger partial charge is 0.492 e. The Kier molecular flexibility index (Phi) is 7.19. The van der Waals surface area contributed by atoms with Gasteiger partial charge in [-0.2, -0.15) is 0 Å². The van der Waals surface area contributed by atoms with Crippen molar-refractivity contribution in [2.24, 2.45) is 0 Å². The van der Waals surface area contributed by atoms with Crippen molar-refractivity contribution in [1.29, 1.82) is 0 Å². The minimum absolute atomic E-state index is 0.157. The molecule has 1 saturated heterocycles. The number of aromatic nitrogens is 4. The Bertz CT molecular complexity index is 1000. The van der Waals surface area contributed by atoms with E-state index in [2.05, 4.69) is 15.2 Å². The van der Waals surface area contributed by atoms with Crippen LogP contribution in [0.3, 0.4) is 0 Å². The minimum Gasteiger partial charge on any atom is -0.492 e. The molecule has 1 aliphatic rings. The number of rotatable bonds is 7. The molecule has 1 aromatic carbocycles. The van der Waals surface area contributed by atoms with Gasteiger partial charge in [-0.25, -0.2) is 0 Å². The Labute approximate surface area is 186 Å². The molecule has 3 heterocycles. The second-order valence-corrected chi connectivity index (χ2v) is 8.30. The highest BCUT2D eigenvalue weighted by Crippen LogP contribution is 2.32. The second kappa shape index (κ2) is 10.4. The van der Waals surface area contributed by atoms with Crippen LogP contribution < -0.4 is 4.74 Å². The summed E-state index contributed by atoms with van der Waals surface area (Å²) in [4.78, 5) is 18.9. The number of ether oxygens (including phenoxy) is 1. The molecule has 0 radical (unpaired) electrons. The van der Waals surface area contributed by atoms with E-state index in [9.17, 15) is 4.79 Å². The van der Waals surface area contributed by atoms with E-state index in [1.54, 1.807) is 12.4 Å². The summed E-state index contributed by atoms with van der Waals surface area (Å²) in [6, 6.07) is 11.6. The zero-order valence-electron chi connectivity index (χ0n) is 17.7. The Hall–Kier alpha value is -2.87. The zero-order valence-corrected chi connectivity index (χ0v) is 18.6. The highest BCUT2D eigenvalue weighted by Gasteiger charge is 2.21. The number of hydrogen-bond acceptors (Lipinski definition) is 6. The highest BCUT2D eigenvalue weighted by molar-refractivity contribution is 7.99. The molecular formula is C23H27N5O2S. The van der Waals surface area contributed by atoms with Crippen LogP contribution in [0.2, 0.25) is 0 Å². The second-order valence-electron chi connectivity index (χ2n) is 7.36. The molecule has 0 atom stereocenters. The molecule has 8 heteroatoms. The first kappa shape index (κ1) is 21.4. The number of thioether (sulfide) groups is 1. The molecular weight excluding hydrogens is 410 g/mol. The van der Waals surface area contributed by atoms with Crippen molar-refractivity contribution in [2.45, 2.75) is 37.8 Å².